The number of thiazole rings is 1. The van der Waals surface area contributed by atoms with Gasteiger partial charge in [-0.1, -0.05) is 12.1 Å². The van der Waals surface area contributed by atoms with Crippen molar-refractivity contribution < 1.29 is 9.90 Å². The van der Waals surface area contributed by atoms with Crippen molar-refractivity contribution in [1.29, 1.82) is 0 Å². The lowest BCUT2D eigenvalue weighted by molar-refractivity contribution is 0.0651. The summed E-state index contributed by atoms with van der Waals surface area (Å²) in [6.07, 6.45) is 1.78. The van der Waals surface area contributed by atoms with Crippen molar-refractivity contribution in [3.05, 3.63) is 40.9 Å². The van der Waals surface area contributed by atoms with Crippen molar-refractivity contribution in [2.45, 2.75) is 19.8 Å². The number of aliphatic hydroxyl groups is 1. The van der Waals surface area contributed by atoms with Crippen LogP contribution in [0.5, 0.6) is 0 Å². The first kappa shape index (κ1) is 15.2. The van der Waals surface area contributed by atoms with Crippen LogP contribution < -0.4 is 0 Å². The predicted molar refractivity (Wildman–Crippen MR) is 88.0 cm³/mol. The number of rotatable bonds is 3. The molecule has 0 spiro atoms. The van der Waals surface area contributed by atoms with Crippen molar-refractivity contribution in [3.63, 3.8) is 0 Å². The van der Waals surface area contributed by atoms with Gasteiger partial charge in [-0.05, 0) is 37.8 Å². The van der Waals surface area contributed by atoms with Crippen LogP contribution in [0.1, 0.15) is 28.9 Å². The van der Waals surface area contributed by atoms with Gasteiger partial charge in [0.05, 0.1) is 0 Å². The van der Waals surface area contributed by atoms with Crippen LogP contribution in [0.25, 0.3) is 10.6 Å². The van der Waals surface area contributed by atoms with Crippen LogP contribution in [-0.4, -0.2) is 40.6 Å². The molecular weight excluding hydrogens is 296 g/mol. The van der Waals surface area contributed by atoms with Crippen molar-refractivity contribution in [1.82, 2.24) is 9.88 Å². The average molecular weight is 316 g/mol. The zero-order valence-electron chi connectivity index (χ0n) is 12.7. The third-order valence-corrected chi connectivity index (χ3v) is 5.17. The highest BCUT2D eigenvalue weighted by Crippen LogP contribution is 2.24. The lowest BCUT2D eigenvalue weighted by atomic mass is 9.97. The molecule has 5 heteroatoms. The number of nitrogens with zero attached hydrogens (tertiary/aromatic N) is 2. The van der Waals surface area contributed by atoms with E-state index < -0.39 is 0 Å². The Morgan fingerprint density at radius 1 is 1.32 bits per heavy atom. The summed E-state index contributed by atoms with van der Waals surface area (Å²) >= 11 is 1.62. The van der Waals surface area contributed by atoms with E-state index in [9.17, 15) is 4.79 Å². The summed E-state index contributed by atoms with van der Waals surface area (Å²) in [4.78, 5) is 18.8. The van der Waals surface area contributed by atoms with Gasteiger partial charge < -0.3 is 10.0 Å². The topological polar surface area (TPSA) is 53.4 Å². The lowest BCUT2D eigenvalue weighted by Crippen LogP contribution is -2.39. The highest BCUT2D eigenvalue weighted by Gasteiger charge is 2.23. The van der Waals surface area contributed by atoms with E-state index in [0.29, 0.717) is 5.92 Å². The lowest BCUT2D eigenvalue weighted by Gasteiger charge is -2.31. The number of piperidine rings is 1. The maximum Gasteiger partial charge on any atom is 0.253 e. The van der Waals surface area contributed by atoms with Gasteiger partial charge in [0.25, 0.3) is 5.91 Å². The van der Waals surface area contributed by atoms with E-state index in [2.05, 4.69) is 4.98 Å². The molecule has 116 valence electrons. The fourth-order valence-electron chi connectivity index (χ4n) is 2.74. The van der Waals surface area contributed by atoms with Gasteiger partial charge in [0.2, 0.25) is 0 Å². The second-order valence-electron chi connectivity index (χ2n) is 5.79. The Labute approximate surface area is 134 Å². The molecule has 0 aliphatic carbocycles. The molecule has 1 saturated heterocycles. The molecule has 1 aromatic heterocycles. The summed E-state index contributed by atoms with van der Waals surface area (Å²) in [7, 11) is 0. The number of hydrogen-bond donors (Lipinski definition) is 1. The highest BCUT2D eigenvalue weighted by molar-refractivity contribution is 7.13. The van der Waals surface area contributed by atoms with Crippen LogP contribution in [0.3, 0.4) is 0 Å². The number of likely N-dealkylation sites (tertiary alicyclic amines) is 1. The zero-order valence-corrected chi connectivity index (χ0v) is 13.5. The molecule has 22 heavy (non-hydrogen) atoms. The highest BCUT2D eigenvalue weighted by atomic mass is 32.1. The standard InChI is InChI=1S/C17H20N2O2S/c1-12-11-22-16(18-12)14-2-4-15(5-3-14)17(21)19-8-6-13(10-20)7-9-19/h2-5,11,13,20H,6-10H2,1H3. The molecule has 0 unspecified atom stereocenters. The minimum atomic E-state index is 0.0817. The number of aliphatic hydroxyl groups excluding tert-OH is 1. The maximum atomic E-state index is 12.5. The van der Waals surface area contributed by atoms with E-state index in [1.54, 1.807) is 11.3 Å². The fraction of sp³-hybridized carbons (Fsp3) is 0.412. The second-order valence-corrected chi connectivity index (χ2v) is 6.65. The predicted octanol–water partition coefficient (Wildman–Crippen LogP) is 2.96. The van der Waals surface area contributed by atoms with Crippen LogP contribution in [-0.2, 0) is 0 Å². The summed E-state index contributed by atoms with van der Waals surface area (Å²) in [5.41, 5.74) is 2.79. The smallest absolute Gasteiger partial charge is 0.253 e. The van der Waals surface area contributed by atoms with Gasteiger partial charge in [0.15, 0.2) is 0 Å². The minimum absolute atomic E-state index is 0.0817. The van der Waals surface area contributed by atoms with Crippen LogP contribution in [0.2, 0.25) is 0 Å². The van der Waals surface area contributed by atoms with Crippen molar-refractivity contribution >= 4 is 17.2 Å². The molecule has 3 rings (SSSR count). The van der Waals surface area contributed by atoms with E-state index in [1.807, 2.05) is 41.5 Å². The Balaban J connectivity index is 1.69. The van der Waals surface area contributed by atoms with E-state index in [4.69, 9.17) is 5.11 Å². The quantitative estimate of drug-likeness (QED) is 0.947. The Morgan fingerprint density at radius 2 is 2.00 bits per heavy atom. The Hall–Kier alpha value is -1.72. The second kappa shape index (κ2) is 6.58. The van der Waals surface area contributed by atoms with Gasteiger partial charge in [0, 0.05) is 41.9 Å². The summed E-state index contributed by atoms with van der Waals surface area (Å²) in [6.45, 7) is 3.67. The third kappa shape index (κ3) is 3.20. The average Bonchev–Trinajstić information content (AvgIpc) is 3.01. The zero-order chi connectivity index (χ0) is 15.5. The SMILES string of the molecule is Cc1csc(-c2ccc(C(=O)N3CCC(CO)CC3)cc2)n1. The monoisotopic (exact) mass is 316 g/mol. The molecule has 4 nitrogen and oxygen atoms in total. The first-order valence-corrected chi connectivity index (χ1v) is 8.48. The van der Waals surface area contributed by atoms with Gasteiger partial charge in [-0.2, -0.15) is 0 Å². The molecule has 1 aliphatic heterocycles. The fourth-order valence-corrected chi connectivity index (χ4v) is 3.55. The minimum Gasteiger partial charge on any atom is -0.396 e. The molecule has 0 atom stereocenters. The van der Waals surface area contributed by atoms with E-state index in [-0.39, 0.29) is 12.5 Å². The van der Waals surface area contributed by atoms with Gasteiger partial charge in [-0.25, -0.2) is 4.98 Å². The maximum absolute atomic E-state index is 12.5. The van der Waals surface area contributed by atoms with Crippen LogP contribution >= 0.6 is 11.3 Å². The number of amides is 1. The Bertz CT molecular complexity index is 643. The largest absolute Gasteiger partial charge is 0.396 e. The summed E-state index contributed by atoms with van der Waals surface area (Å²) in [6, 6.07) is 7.69. The normalized spacial score (nSPS) is 16.0. The number of hydrogen-bond acceptors (Lipinski definition) is 4. The van der Waals surface area contributed by atoms with Crippen molar-refractivity contribution in [2.75, 3.05) is 19.7 Å². The summed E-state index contributed by atoms with van der Waals surface area (Å²) < 4.78 is 0. The number of aryl methyl sites for hydroxylation is 1. The van der Waals surface area contributed by atoms with Crippen molar-refractivity contribution in [2.24, 2.45) is 5.92 Å². The first-order chi connectivity index (χ1) is 10.7. The number of carbonyl (C=O) groups is 1. The van der Waals surface area contributed by atoms with Gasteiger partial charge in [-0.15, -0.1) is 11.3 Å². The van der Waals surface area contributed by atoms with E-state index in [1.165, 1.54) is 0 Å². The number of aromatic nitrogens is 1. The molecule has 2 heterocycles. The third-order valence-electron chi connectivity index (χ3n) is 4.16. The molecule has 1 N–H and O–H groups in total. The molecule has 1 aromatic carbocycles. The van der Waals surface area contributed by atoms with Crippen LogP contribution in [0, 0.1) is 12.8 Å². The molecule has 1 fully saturated rings. The Morgan fingerprint density at radius 3 is 2.55 bits per heavy atom. The molecule has 1 aliphatic rings. The van der Waals surface area contributed by atoms with Gasteiger partial charge >= 0.3 is 0 Å². The van der Waals surface area contributed by atoms with Crippen LogP contribution in [0.4, 0.5) is 0 Å². The summed E-state index contributed by atoms with van der Waals surface area (Å²) in [5.74, 6) is 0.429. The van der Waals surface area contributed by atoms with E-state index in [0.717, 1.165) is 47.8 Å². The molecule has 1 amide bonds. The molecule has 0 radical (unpaired) electrons. The summed E-state index contributed by atoms with van der Waals surface area (Å²) in [5, 5.41) is 12.2. The van der Waals surface area contributed by atoms with E-state index >= 15 is 0 Å². The van der Waals surface area contributed by atoms with Gasteiger partial charge in [-0.3, -0.25) is 4.79 Å². The van der Waals surface area contributed by atoms with Crippen LogP contribution in [0.15, 0.2) is 29.6 Å². The molecule has 0 bridgehead atoms. The number of benzene rings is 1. The molecule has 2 aromatic rings. The first-order valence-electron chi connectivity index (χ1n) is 7.60. The number of carbonyl (C=O) groups excluding carboxylic acids is 1. The Kier molecular flexibility index (Phi) is 4.55. The molecular formula is C17H20N2O2S. The molecule has 0 saturated carbocycles. The van der Waals surface area contributed by atoms with Crippen molar-refractivity contribution in [3.8, 4) is 10.6 Å². The van der Waals surface area contributed by atoms with Gasteiger partial charge in [0.1, 0.15) is 5.01 Å².